The van der Waals surface area contributed by atoms with E-state index < -0.39 is 0 Å². The van der Waals surface area contributed by atoms with Crippen molar-refractivity contribution >= 4 is 11.0 Å². The van der Waals surface area contributed by atoms with Crippen molar-refractivity contribution in [1.29, 1.82) is 0 Å². The molecule has 0 spiro atoms. The quantitative estimate of drug-likeness (QED) is 0.768. The summed E-state index contributed by atoms with van der Waals surface area (Å²) in [6.45, 7) is 1.47. The first-order chi connectivity index (χ1) is 9.33. The van der Waals surface area contributed by atoms with Gasteiger partial charge in [-0.3, -0.25) is 9.67 Å². The molecule has 2 aromatic heterocycles. The first-order valence-electron chi connectivity index (χ1n) is 6.21. The summed E-state index contributed by atoms with van der Waals surface area (Å²) in [6, 6.07) is 9.89. The van der Waals surface area contributed by atoms with E-state index >= 15 is 0 Å². The Morgan fingerprint density at radius 3 is 2.74 bits per heavy atom. The Hall–Kier alpha value is -2.27. The van der Waals surface area contributed by atoms with Crippen molar-refractivity contribution in [1.82, 2.24) is 25.1 Å². The van der Waals surface area contributed by atoms with Crippen molar-refractivity contribution in [3.63, 3.8) is 0 Å². The van der Waals surface area contributed by atoms with E-state index in [9.17, 15) is 0 Å². The molecule has 0 saturated carbocycles. The zero-order chi connectivity index (χ0) is 13.1. The molecule has 0 bridgehead atoms. The van der Waals surface area contributed by atoms with Gasteiger partial charge in [-0.1, -0.05) is 12.1 Å². The lowest BCUT2D eigenvalue weighted by atomic mass is 10.3. The van der Waals surface area contributed by atoms with Gasteiger partial charge in [0.1, 0.15) is 0 Å². The van der Waals surface area contributed by atoms with Crippen LogP contribution in [0.5, 0.6) is 0 Å². The molecule has 0 amide bonds. The van der Waals surface area contributed by atoms with Crippen LogP contribution in [-0.2, 0) is 20.1 Å². The molecule has 1 N–H and O–H groups in total. The number of rotatable bonds is 4. The minimum atomic E-state index is 0.697. The second-order valence-corrected chi connectivity index (χ2v) is 4.40. The van der Waals surface area contributed by atoms with Gasteiger partial charge in [0, 0.05) is 26.3 Å². The zero-order valence-corrected chi connectivity index (χ0v) is 10.7. The van der Waals surface area contributed by atoms with Gasteiger partial charge in [0.15, 0.2) is 0 Å². The molecule has 2 heterocycles. The first-order valence-corrected chi connectivity index (χ1v) is 6.21. The minimum Gasteiger partial charge on any atom is -0.305 e. The molecule has 5 heteroatoms. The number of hydrogen-bond donors (Lipinski definition) is 1. The van der Waals surface area contributed by atoms with Crippen LogP contribution in [0.2, 0.25) is 0 Å². The zero-order valence-electron chi connectivity index (χ0n) is 10.7. The van der Waals surface area contributed by atoms with Gasteiger partial charge in [-0.05, 0) is 18.2 Å². The van der Waals surface area contributed by atoms with Gasteiger partial charge >= 0.3 is 0 Å². The summed E-state index contributed by atoms with van der Waals surface area (Å²) < 4.78 is 1.86. The molecule has 0 aliphatic rings. The van der Waals surface area contributed by atoms with E-state index in [0.29, 0.717) is 6.54 Å². The number of fused-ring (bicyclic) bond motifs is 1. The SMILES string of the molecule is Cn1nccc1CNCc1cnc2ccccc2n1. The van der Waals surface area contributed by atoms with Gasteiger partial charge in [-0.25, -0.2) is 4.98 Å². The predicted octanol–water partition coefficient (Wildman–Crippen LogP) is 1.65. The summed E-state index contributed by atoms with van der Waals surface area (Å²) in [6.07, 6.45) is 3.62. The minimum absolute atomic E-state index is 0.697. The van der Waals surface area contributed by atoms with E-state index in [4.69, 9.17) is 0 Å². The Morgan fingerprint density at radius 2 is 1.95 bits per heavy atom. The normalized spacial score (nSPS) is 11.0. The van der Waals surface area contributed by atoms with E-state index in [2.05, 4.69) is 20.4 Å². The maximum Gasteiger partial charge on any atom is 0.0890 e. The molecule has 0 unspecified atom stereocenters. The van der Waals surface area contributed by atoms with Crippen molar-refractivity contribution < 1.29 is 0 Å². The van der Waals surface area contributed by atoms with Crippen LogP contribution in [0.15, 0.2) is 42.7 Å². The third-order valence-corrected chi connectivity index (χ3v) is 3.03. The monoisotopic (exact) mass is 253 g/mol. The average Bonchev–Trinajstić information content (AvgIpc) is 2.84. The lowest BCUT2D eigenvalue weighted by Crippen LogP contribution is -2.16. The van der Waals surface area contributed by atoms with E-state index in [1.54, 1.807) is 6.20 Å². The number of aryl methyl sites for hydroxylation is 1. The summed E-state index contributed by atoms with van der Waals surface area (Å²) in [5, 5.41) is 7.48. The number of nitrogens with one attached hydrogen (secondary N) is 1. The second-order valence-electron chi connectivity index (χ2n) is 4.40. The molecule has 96 valence electrons. The van der Waals surface area contributed by atoms with Crippen LogP contribution in [0.4, 0.5) is 0 Å². The Morgan fingerprint density at radius 1 is 1.11 bits per heavy atom. The molecule has 3 rings (SSSR count). The van der Waals surface area contributed by atoms with Crippen molar-refractivity contribution in [2.24, 2.45) is 7.05 Å². The second kappa shape index (κ2) is 5.16. The van der Waals surface area contributed by atoms with Crippen LogP contribution in [0, 0.1) is 0 Å². The molecule has 0 atom stereocenters. The van der Waals surface area contributed by atoms with Crippen LogP contribution in [0.25, 0.3) is 11.0 Å². The van der Waals surface area contributed by atoms with Crippen LogP contribution in [0.1, 0.15) is 11.4 Å². The third-order valence-electron chi connectivity index (χ3n) is 3.03. The Balaban J connectivity index is 1.67. The van der Waals surface area contributed by atoms with Crippen LogP contribution in [0.3, 0.4) is 0 Å². The molecule has 1 aromatic carbocycles. The number of para-hydroxylation sites is 2. The predicted molar refractivity (Wildman–Crippen MR) is 73.3 cm³/mol. The van der Waals surface area contributed by atoms with Gasteiger partial charge in [-0.15, -0.1) is 0 Å². The van der Waals surface area contributed by atoms with Gasteiger partial charge in [0.05, 0.1) is 28.6 Å². The number of benzene rings is 1. The molecular formula is C14H15N5. The fraction of sp³-hybridized carbons (Fsp3) is 0.214. The smallest absolute Gasteiger partial charge is 0.0890 e. The maximum atomic E-state index is 4.57. The Kier molecular flexibility index (Phi) is 3.20. The molecule has 0 radical (unpaired) electrons. The summed E-state index contributed by atoms with van der Waals surface area (Å²) in [4.78, 5) is 8.96. The number of hydrogen-bond acceptors (Lipinski definition) is 4. The van der Waals surface area contributed by atoms with Crippen molar-refractivity contribution in [2.45, 2.75) is 13.1 Å². The Bertz CT molecular complexity index is 689. The van der Waals surface area contributed by atoms with Gasteiger partial charge in [-0.2, -0.15) is 5.10 Å². The van der Waals surface area contributed by atoms with Crippen molar-refractivity contribution in [2.75, 3.05) is 0 Å². The molecular weight excluding hydrogens is 238 g/mol. The lowest BCUT2D eigenvalue weighted by Gasteiger charge is -2.05. The van der Waals surface area contributed by atoms with Crippen LogP contribution >= 0.6 is 0 Å². The summed E-state index contributed by atoms with van der Waals surface area (Å²) in [7, 11) is 1.94. The van der Waals surface area contributed by atoms with E-state index in [1.807, 2.05) is 48.3 Å². The van der Waals surface area contributed by atoms with Crippen LogP contribution in [-0.4, -0.2) is 19.7 Å². The average molecular weight is 253 g/mol. The van der Waals surface area contributed by atoms with Gasteiger partial charge in [0.2, 0.25) is 0 Å². The first kappa shape index (κ1) is 11.8. The standard InChI is InChI=1S/C14H15N5/c1-19-12(6-7-17-19)10-15-8-11-9-16-13-4-2-3-5-14(13)18-11/h2-7,9,15H,8,10H2,1H3. The fourth-order valence-electron chi connectivity index (χ4n) is 1.97. The maximum absolute atomic E-state index is 4.57. The number of nitrogens with zero attached hydrogens (tertiary/aromatic N) is 4. The number of aromatic nitrogens is 4. The van der Waals surface area contributed by atoms with Crippen molar-refractivity contribution in [3.8, 4) is 0 Å². The van der Waals surface area contributed by atoms with Gasteiger partial charge < -0.3 is 5.32 Å². The molecule has 0 aliphatic heterocycles. The van der Waals surface area contributed by atoms with Gasteiger partial charge in [0.25, 0.3) is 0 Å². The van der Waals surface area contributed by atoms with Crippen molar-refractivity contribution in [3.05, 3.63) is 54.1 Å². The van der Waals surface area contributed by atoms with E-state index in [0.717, 1.165) is 29.0 Å². The lowest BCUT2D eigenvalue weighted by molar-refractivity contribution is 0.620. The summed E-state index contributed by atoms with van der Waals surface area (Å²) in [5.74, 6) is 0. The Labute approximate surface area is 111 Å². The molecule has 0 saturated heterocycles. The molecule has 3 aromatic rings. The molecule has 19 heavy (non-hydrogen) atoms. The molecule has 0 aliphatic carbocycles. The summed E-state index contributed by atoms with van der Waals surface area (Å²) >= 11 is 0. The fourth-order valence-corrected chi connectivity index (χ4v) is 1.97. The summed E-state index contributed by atoms with van der Waals surface area (Å²) in [5.41, 5.74) is 3.95. The highest BCUT2D eigenvalue weighted by Gasteiger charge is 2.01. The highest BCUT2D eigenvalue weighted by molar-refractivity contribution is 5.73. The largest absolute Gasteiger partial charge is 0.305 e. The highest BCUT2D eigenvalue weighted by atomic mass is 15.3. The highest BCUT2D eigenvalue weighted by Crippen LogP contribution is 2.08. The third kappa shape index (κ3) is 2.61. The van der Waals surface area contributed by atoms with Crippen LogP contribution < -0.4 is 5.32 Å². The van der Waals surface area contributed by atoms with E-state index in [-0.39, 0.29) is 0 Å². The van der Waals surface area contributed by atoms with E-state index in [1.165, 1.54) is 0 Å². The molecule has 0 fully saturated rings. The molecule has 5 nitrogen and oxygen atoms in total. The topological polar surface area (TPSA) is 55.6 Å².